The number of rotatable bonds is 9. The van der Waals surface area contributed by atoms with Crippen LogP contribution in [0.1, 0.15) is 56.4 Å². The molecule has 4 rings (SSSR count). The van der Waals surface area contributed by atoms with E-state index in [1.54, 1.807) is 30.8 Å². The fourth-order valence-electron chi connectivity index (χ4n) is 5.73. The summed E-state index contributed by atoms with van der Waals surface area (Å²) in [6, 6.07) is 15.5. The fourth-order valence-corrected chi connectivity index (χ4v) is 6.77. The van der Waals surface area contributed by atoms with Gasteiger partial charge in [0, 0.05) is 41.4 Å². The minimum absolute atomic E-state index is 0.165. The van der Waals surface area contributed by atoms with Crippen LogP contribution >= 0.6 is 11.8 Å². The monoisotopic (exact) mass is 484 g/mol. The van der Waals surface area contributed by atoms with Gasteiger partial charge in [0.1, 0.15) is 12.0 Å². The zero-order valence-corrected chi connectivity index (χ0v) is 21.3. The maximum atomic E-state index is 11.4. The number of likely N-dealkylation sites (tertiary alicyclic amines) is 1. The highest BCUT2D eigenvalue weighted by molar-refractivity contribution is 7.99. The molecule has 1 heterocycles. The lowest BCUT2D eigenvalue weighted by Gasteiger charge is -2.46. The highest BCUT2D eigenvalue weighted by Crippen LogP contribution is 2.38. The van der Waals surface area contributed by atoms with E-state index in [1.807, 2.05) is 24.3 Å². The van der Waals surface area contributed by atoms with Gasteiger partial charge in [0.05, 0.1) is 6.10 Å². The minimum atomic E-state index is -0.968. The third-order valence-electron chi connectivity index (χ3n) is 7.88. The Hall–Kier alpha value is -1.57. The number of phenols is 1. The Kier molecular flexibility index (Phi) is 8.94. The normalized spacial score (nSPS) is 25.9. The maximum Gasteiger partial charge on any atom is 0.131 e. The lowest BCUT2D eigenvalue weighted by atomic mass is 9.73. The summed E-state index contributed by atoms with van der Waals surface area (Å²) in [5.41, 5.74) is 1.29. The van der Waals surface area contributed by atoms with E-state index in [0.29, 0.717) is 29.5 Å². The quantitative estimate of drug-likeness (QED) is 0.305. The van der Waals surface area contributed by atoms with Gasteiger partial charge in [0.2, 0.25) is 0 Å². The highest BCUT2D eigenvalue weighted by atomic mass is 32.2. The smallest absolute Gasteiger partial charge is 0.131 e. The van der Waals surface area contributed by atoms with E-state index in [2.05, 4.69) is 29.3 Å². The molecular weight excluding hydrogens is 444 g/mol. The molecule has 5 unspecified atom stereocenters. The molecule has 2 aromatic rings. The van der Waals surface area contributed by atoms with Crippen LogP contribution in [0, 0.1) is 18.8 Å². The van der Waals surface area contributed by atoms with Gasteiger partial charge in [-0.15, -0.1) is 11.8 Å². The second-order valence-corrected chi connectivity index (χ2v) is 11.3. The van der Waals surface area contributed by atoms with E-state index in [-0.39, 0.29) is 11.8 Å². The van der Waals surface area contributed by atoms with Gasteiger partial charge in [-0.05, 0) is 62.3 Å². The van der Waals surface area contributed by atoms with E-state index < -0.39 is 12.3 Å². The Morgan fingerprint density at radius 1 is 1.03 bits per heavy atom. The molecule has 1 aliphatic carbocycles. The number of fused-ring (bicyclic) bond motifs is 1. The number of benzene rings is 2. The maximum absolute atomic E-state index is 11.4. The summed E-state index contributed by atoms with van der Waals surface area (Å²) >= 11 is 1.68. The van der Waals surface area contributed by atoms with E-state index >= 15 is 0 Å². The lowest BCUT2D eigenvalue weighted by molar-refractivity contribution is -0.00249. The number of aliphatic hydroxyl groups is 2. The molecule has 0 radical (unpaired) electrons. The molecule has 1 aliphatic heterocycles. The Labute approximate surface area is 208 Å². The average molecular weight is 485 g/mol. The third-order valence-corrected chi connectivity index (χ3v) is 9.01. The number of aromatic hydroxyl groups is 1. The summed E-state index contributed by atoms with van der Waals surface area (Å²) in [6.45, 7) is 5.76. The molecule has 6 atom stereocenters. The third kappa shape index (κ3) is 6.35. The van der Waals surface area contributed by atoms with Crippen molar-refractivity contribution in [3.05, 3.63) is 59.7 Å². The number of hydrogen-bond acceptors (Lipinski definition) is 6. The van der Waals surface area contributed by atoms with Crippen molar-refractivity contribution in [2.24, 2.45) is 11.8 Å². The summed E-state index contributed by atoms with van der Waals surface area (Å²) in [5.74, 6) is 2.39. The van der Waals surface area contributed by atoms with Crippen LogP contribution in [-0.4, -0.2) is 57.2 Å². The van der Waals surface area contributed by atoms with Gasteiger partial charge >= 0.3 is 0 Å². The molecule has 1 saturated heterocycles. The van der Waals surface area contributed by atoms with Crippen LogP contribution in [0.25, 0.3) is 0 Å². The molecule has 4 N–H and O–H groups in total. The van der Waals surface area contributed by atoms with Crippen LogP contribution in [0.3, 0.4) is 0 Å². The molecular formula is C28H40N2O3S. The molecule has 0 amide bonds. The Balaban J connectivity index is 1.45. The minimum Gasteiger partial charge on any atom is -0.508 e. The molecule has 0 spiro atoms. The summed E-state index contributed by atoms with van der Waals surface area (Å²) in [5, 5.41) is 35.8. The Morgan fingerprint density at radius 3 is 2.53 bits per heavy atom. The van der Waals surface area contributed by atoms with Gasteiger partial charge in [0.15, 0.2) is 0 Å². The predicted molar refractivity (Wildman–Crippen MR) is 139 cm³/mol. The summed E-state index contributed by atoms with van der Waals surface area (Å²) in [7, 11) is 0. The zero-order chi connectivity index (χ0) is 24.1. The number of nitrogens with one attached hydrogen (secondary N) is 1. The van der Waals surface area contributed by atoms with Crippen LogP contribution in [0.2, 0.25) is 0 Å². The molecule has 0 aromatic heterocycles. The Morgan fingerprint density at radius 2 is 1.76 bits per heavy atom. The summed E-state index contributed by atoms with van der Waals surface area (Å²) in [6.07, 6.45) is 5.00. The average Bonchev–Trinajstić information content (AvgIpc) is 2.84. The lowest BCUT2D eigenvalue weighted by Crippen LogP contribution is -2.54. The molecule has 5 nitrogen and oxygen atoms in total. The first kappa shape index (κ1) is 25.5. The molecule has 2 aromatic carbocycles. The van der Waals surface area contributed by atoms with E-state index in [4.69, 9.17) is 0 Å². The molecule has 1 saturated carbocycles. The standard InChI is InChI=1S/C28H40N2O3S/c1-19-15-21-9-6-7-10-22(21)16-30(19)17-27(32)25(18-34-23-11-4-3-5-12-23)29-28(33)24-13-8-14-26(31)20(24)2/h3-5,8,11-14,19,21-22,25,27-29,31-33H,6-7,9-10,15-18H2,1-2H3/t19-,21?,22?,25?,27?,28?/m1/s1. The first-order valence-corrected chi connectivity index (χ1v) is 13.7. The van der Waals surface area contributed by atoms with Crippen LogP contribution < -0.4 is 5.32 Å². The topological polar surface area (TPSA) is 76.0 Å². The summed E-state index contributed by atoms with van der Waals surface area (Å²) in [4.78, 5) is 3.60. The van der Waals surface area contributed by atoms with Crippen molar-refractivity contribution in [1.82, 2.24) is 10.2 Å². The van der Waals surface area contributed by atoms with Gasteiger partial charge in [0.25, 0.3) is 0 Å². The SMILES string of the molecule is Cc1c(O)cccc1C(O)NC(CSc1ccccc1)C(O)CN1CC2CCCCC2C[C@H]1C. The molecule has 186 valence electrons. The van der Waals surface area contributed by atoms with Gasteiger partial charge in [-0.25, -0.2) is 0 Å². The van der Waals surface area contributed by atoms with Crippen molar-refractivity contribution in [2.75, 3.05) is 18.8 Å². The highest BCUT2D eigenvalue weighted by Gasteiger charge is 2.36. The molecule has 6 heteroatoms. The summed E-state index contributed by atoms with van der Waals surface area (Å²) < 4.78 is 0. The number of nitrogens with zero attached hydrogens (tertiary/aromatic N) is 1. The Bertz CT molecular complexity index is 912. The van der Waals surface area contributed by atoms with E-state index in [9.17, 15) is 15.3 Å². The largest absolute Gasteiger partial charge is 0.508 e. The van der Waals surface area contributed by atoms with Crippen molar-refractivity contribution >= 4 is 11.8 Å². The second-order valence-electron chi connectivity index (χ2n) is 10.2. The number of thioether (sulfide) groups is 1. The first-order valence-electron chi connectivity index (χ1n) is 12.7. The van der Waals surface area contributed by atoms with E-state index in [0.717, 1.165) is 23.3 Å². The number of hydrogen-bond donors (Lipinski definition) is 4. The zero-order valence-electron chi connectivity index (χ0n) is 20.4. The number of β-amino-alcohol motifs (C(OH)–C–C–N with tert-alkyl or cyclic N) is 1. The number of piperidine rings is 1. The van der Waals surface area contributed by atoms with Crippen LogP contribution in [-0.2, 0) is 0 Å². The van der Waals surface area contributed by atoms with Crippen molar-refractivity contribution in [1.29, 1.82) is 0 Å². The van der Waals surface area contributed by atoms with Crippen LogP contribution in [0.4, 0.5) is 0 Å². The van der Waals surface area contributed by atoms with Crippen molar-refractivity contribution in [3.8, 4) is 5.75 Å². The van der Waals surface area contributed by atoms with Gasteiger partial charge < -0.3 is 15.3 Å². The fraction of sp³-hybridized carbons (Fsp3) is 0.571. The van der Waals surface area contributed by atoms with Crippen molar-refractivity contribution in [2.45, 2.75) is 75.3 Å². The van der Waals surface area contributed by atoms with E-state index in [1.165, 1.54) is 32.1 Å². The van der Waals surface area contributed by atoms with Gasteiger partial charge in [-0.3, -0.25) is 10.2 Å². The number of aliphatic hydroxyl groups excluding tert-OH is 2. The molecule has 2 aliphatic rings. The van der Waals surface area contributed by atoms with Crippen molar-refractivity contribution < 1.29 is 15.3 Å². The molecule has 0 bridgehead atoms. The number of phenolic OH excluding ortho intramolecular Hbond substituents is 1. The second kappa shape index (κ2) is 11.9. The van der Waals surface area contributed by atoms with Crippen molar-refractivity contribution in [3.63, 3.8) is 0 Å². The molecule has 34 heavy (non-hydrogen) atoms. The molecule has 2 fully saturated rings. The van der Waals surface area contributed by atoms with Gasteiger partial charge in [-0.1, -0.05) is 49.6 Å². The van der Waals surface area contributed by atoms with Crippen LogP contribution in [0.5, 0.6) is 5.75 Å². The predicted octanol–water partition coefficient (Wildman–Crippen LogP) is 4.70. The first-order chi connectivity index (χ1) is 16.4. The van der Waals surface area contributed by atoms with Crippen LogP contribution in [0.15, 0.2) is 53.4 Å². The van der Waals surface area contributed by atoms with Gasteiger partial charge in [-0.2, -0.15) is 0 Å².